The van der Waals surface area contributed by atoms with E-state index in [2.05, 4.69) is 16.9 Å². The molecule has 4 atom stereocenters. The molecule has 1 aromatic heterocycles. The highest BCUT2D eigenvalue weighted by Crippen LogP contribution is 2.72. The van der Waals surface area contributed by atoms with Crippen LogP contribution < -0.4 is 5.73 Å². The number of aromatic nitrogens is 1. The fourth-order valence-corrected chi connectivity index (χ4v) is 7.36. The van der Waals surface area contributed by atoms with Crippen molar-refractivity contribution in [3.05, 3.63) is 52.2 Å². The summed E-state index contributed by atoms with van der Waals surface area (Å²) < 4.78 is 0. The van der Waals surface area contributed by atoms with Gasteiger partial charge < -0.3 is 20.8 Å². The zero-order valence-corrected chi connectivity index (χ0v) is 17.4. The van der Waals surface area contributed by atoms with Gasteiger partial charge in [-0.05, 0) is 48.4 Å². The summed E-state index contributed by atoms with van der Waals surface area (Å²) in [6, 6.07) is 7.47. The largest absolute Gasteiger partial charge is 0.508 e. The zero-order valence-electron chi connectivity index (χ0n) is 17.4. The fourth-order valence-electron chi connectivity index (χ4n) is 7.36. The number of nitrogen functional groups attached to an aromatic ring is 1. The number of amides is 1. The Hall–Kier alpha value is -2.64. The Kier molecular flexibility index (Phi) is 3.12. The van der Waals surface area contributed by atoms with Crippen LogP contribution in [0.15, 0.2) is 24.3 Å². The molecule has 1 aliphatic heterocycles. The maximum absolute atomic E-state index is 12.6. The maximum atomic E-state index is 12.6. The molecule has 2 heterocycles. The Morgan fingerprint density at radius 3 is 2.73 bits per heavy atom. The Morgan fingerprint density at radius 1 is 1.27 bits per heavy atom. The molecule has 1 saturated heterocycles. The van der Waals surface area contributed by atoms with E-state index < -0.39 is 11.0 Å². The van der Waals surface area contributed by atoms with Crippen LogP contribution in [0.1, 0.15) is 39.2 Å². The van der Waals surface area contributed by atoms with Gasteiger partial charge in [-0.3, -0.25) is 9.69 Å². The SMILES string of the molecule is CN(C)C(=O)c1cc2c(nc1N)CC13CC4(CN(C)C4C1(O)C2)c1ccc(O)cc13. The highest BCUT2D eigenvalue weighted by atomic mass is 16.3. The van der Waals surface area contributed by atoms with Crippen molar-refractivity contribution in [2.75, 3.05) is 33.4 Å². The van der Waals surface area contributed by atoms with Crippen molar-refractivity contribution in [3.63, 3.8) is 0 Å². The van der Waals surface area contributed by atoms with E-state index in [0.717, 1.165) is 29.8 Å². The molecule has 4 N–H and O–H groups in total. The van der Waals surface area contributed by atoms with Crippen molar-refractivity contribution < 1.29 is 15.0 Å². The second-order valence-corrected chi connectivity index (χ2v) is 9.97. The first-order valence-electron chi connectivity index (χ1n) is 10.4. The Bertz CT molecular complexity index is 1150. The van der Waals surface area contributed by atoms with Gasteiger partial charge in [-0.25, -0.2) is 4.98 Å². The first kappa shape index (κ1) is 18.2. The minimum atomic E-state index is -0.982. The number of hydrogen-bond donors (Lipinski definition) is 3. The molecule has 4 aliphatic rings. The molecule has 1 saturated carbocycles. The number of benzene rings is 1. The minimum Gasteiger partial charge on any atom is -0.508 e. The lowest BCUT2D eigenvalue weighted by Gasteiger charge is -2.61. The van der Waals surface area contributed by atoms with Gasteiger partial charge in [0, 0.05) is 50.0 Å². The summed E-state index contributed by atoms with van der Waals surface area (Å²) in [6.45, 7) is 0.899. The van der Waals surface area contributed by atoms with E-state index in [1.54, 1.807) is 20.2 Å². The highest BCUT2D eigenvalue weighted by molar-refractivity contribution is 5.98. The predicted octanol–water partition coefficient (Wildman–Crippen LogP) is 0.808. The number of carbonyl (C=O) groups is 1. The standard InChI is InChI=1S/C23H26N4O3/c1-26(2)19(29)14-6-12-8-23(30)20-21(11-27(20)3)10-22(23,9-17(12)25-18(14)24)16-7-13(28)4-5-15(16)21/h4-7,20,28,30H,8-11H2,1-3H3,(H2,24,25). The van der Waals surface area contributed by atoms with Crippen molar-refractivity contribution in [1.29, 1.82) is 0 Å². The number of likely N-dealkylation sites (N-methyl/N-ethyl adjacent to an activating group) is 1. The molecule has 1 amide bonds. The Balaban J connectivity index is 1.56. The summed E-state index contributed by atoms with van der Waals surface area (Å²) in [7, 11) is 5.45. The van der Waals surface area contributed by atoms with Gasteiger partial charge in [-0.15, -0.1) is 0 Å². The number of aliphatic hydroxyl groups is 1. The number of fused-ring (bicyclic) bond motifs is 3. The van der Waals surface area contributed by atoms with Crippen LogP contribution in [0.25, 0.3) is 0 Å². The third kappa shape index (κ3) is 1.76. The van der Waals surface area contributed by atoms with Gasteiger partial charge in [0.1, 0.15) is 11.6 Å². The molecule has 2 fully saturated rings. The number of phenols is 1. The number of hydrogen-bond acceptors (Lipinski definition) is 6. The van der Waals surface area contributed by atoms with E-state index in [-0.39, 0.29) is 28.9 Å². The average Bonchev–Trinajstić information content (AvgIpc) is 3.03. The van der Waals surface area contributed by atoms with Crippen LogP contribution >= 0.6 is 0 Å². The van der Waals surface area contributed by atoms with Gasteiger partial charge in [-0.2, -0.15) is 0 Å². The van der Waals surface area contributed by atoms with Crippen LogP contribution in [0.3, 0.4) is 0 Å². The number of likely N-dealkylation sites (tertiary alicyclic amines) is 1. The summed E-state index contributed by atoms with van der Waals surface area (Å²) in [6.07, 6.45) is 1.83. The quantitative estimate of drug-likeness (QED) is 0.648. The van der Waals surface area contributed by atoms with Crippen LogP contribution in [0.4, 0.5) is 5.82 Å². The van der Waals surface area contributed by atoms with E-state index in [0.29, 0.717) is 18.4 Å². The first-order chi connectivity index (χ1) is 14.1. The van der Waals surface area contributed by atoms with Gasteiger partial charge in [0.25, 0.3) is 5.91 Å². The lowest BCUT2D eigenvalue weighted by atomic mass is 9.55. The summed E-state index contributed by atoms with van der Waals surface area (Å²) >= 11 is 0. The molecule has 7 nitrogen and oxygen atoms in total. The number of anilines is 1. The van der Waals surface area contributed by atoms with E-state index in [4.69, 9.17) is 5.73 Å². The Morgan fingerprint density at radius 2 is 2.03 bits per heavy atom. The van der Waals surface area contributed by atoms with Crippen molar-refractivity contribution in [3.8, 4) is 5.75 Å². The van der Waals surface area contributed by atoms with Crippen molar-refractivity contribution in [2.45, 2.75) is 41.7 Å². The van der Waals surface area contributed by atoms with E-state index in [1.165, 1.54) is 10.5 Å². The van der Waals surface area contributed by atoms with Gasteiger partial charge >= 0.3 is 0 Å². The molecule has 1 aromatic carbocycles. The van der Waals surface area contributed by atoms with E-state index in [1.807, 2.05) is 18.2 Å². The topological polar surface area (TPSA) is 103 Å². The van der Waals surface area contributed by atoms with E-state index in [9.17, 15) is 15.0 Å². The zero-order chi connectivity index (χ0) is 21.2. The smallest absolute Gasteiger partial charge is 0.257 e. The predicted molar refractivity (Wildman–Crippen MR) is 112 cm³/mol. The maximum Gasteiger partial charge on any atom is 0.257 e. The molecule has 0 radical (unpaired) electrons. The van der Waals surface area contributed by atoms with Crippen molar-refractivity contribution in [1.82, 2.24) is 14.8 Å². The molecule has 156 valence electrons. The summed E-state index contributed by atoms with van der Waals surface area (Å²) in [5.74, 6) is 0.274. The fraction of sp³-hybridized carbons (Fsp3) is 0.478. The number of carbonyl (C=O) groups excluding carboxylic acids is 1. The molecule has 7 heteroatoms. The lowest BCUT2D eigenvalue weighted by molar-refractivity contribution is -0.126. The Labute approximate surface area is 175 Å². The second-order valence-electron chi connectivity index (χ2n) is 9.97. The highest BCUT2D eigenvalue weighted by Gasteiger charge is 2.80. The minimum absolute atomic E-state index is 0.0146. The van der Waals surface area contributed by atoms with Crippen molar-refractivity contribution >= 4 is 11.7 Å². The van der Waals surface area contributed by atoms with Crippen LogP contribution in [0.2, 0.25) is 0 Å². The second kappa shape index (κ2) is 5.15. The molecule has 2 spiro atoms. The number of rotatable bonds is 1. The van der Waals surface area contributed by atoms with Gasteiger partial charge in [0.2, 0.25) is 0 Å². The lowest BCUT2D eigenvalue weighted by Crippen LogP contribution is -2.74. The number of aromatic hydroxyl groups is 1. The van der Waals surface area contributed by atoms with Crippen LogP contribution in [0, 0.1) is 0 Å². The number of phenolic OH excluding ortho intramolecular Hbond substituents is 1. The summed E-state index contributed by atoms with van der Waals surface area (Å²) in [5.41, 5.74) is 9.04. The number of pyridine rings is 1. The van der Waals surface area contributed by atoms with E-state index >= 15 is 0 Å². The van der Waals surface area contributed by atoms with Crippen LogP contribution in [0.5, 0.6) is 5.75 Å². The summed E-state index contributed by atoms with van der Waals surface area (Å²) in [4.78, 5) is 21.0. The molecule has 30 heavy (non-hydrogen) atoms. The van der Waals surface area contributed by atoms with Gasteiger partial charge in [-0.1, -0.05) is 6.07 Å². The molecule has 2 aromatic rings. The molecular weight excluding hydrogens is 380 g/mol. The molecule has 2 bridgehead atoms. The molecular formula is C23H26N4O3. The normalized spacial score (nSPS) is 35.1. The third-order valence-corrected chi connectivity index (χ3v) is 8.24. The van der Waals surface area contributed by atoms with Gasteiger partial charge in [0.05, 0.1) is 17.2 Å². The average molecular weight is 406 g/mol. The first-order valence-corrected chi connectivity index (χ1v) is 10.4. The third-order valence-electron chi connectivity index (χ3n) is 8.24. The molecule has 3 aliphatic carbocycles. The van der Waals surface area contributed by atoms with Crippen LogP contribution in [-0.2, 0) is 23.7 Å². The summed E-state index contributed by atoms with van der Waals surface area (Å²) in [5, 5.41) is 22.5. The van der Waals surface area contributed by atoms with Crippen molar-refractivity contribution in [2.24, 2.45) is 0 Å². The van der Waals surface area contributed by atoms with Gasteiger partial charge in [0.15, 0.2) is 0 Å². The van der Waals surface area contributed by atoms with Crippen LogP contribution in [-0.4, -0.2) is 70.2 Å². The molecule has 6 rings (SSSR count). The number of nitrogens with zero attached hydrogens (tertiary/aromatic N) is 3. The molecule has 4 unspecified atom stereocenters. The number of nitrogens with two attached hydrogens (primary N) is 1. The monoisotopic (exact) mass is 406 g/mol.